The molecule has 0 atom stereocenters. The third-order valence-electron chi connectivity index (χ3n) is 4.90. The summed E-state index contributed by atoms with van der Waals surface area (Å²) in [7, 11) is 0. The summed E-state index contributed by atoms with van der Waals surface area (Å²) in [5, 5.41) is 5.19. The molecule has 0 N–H and O–H groups in total. The van der Waals surface area contributed by atoms with Crippen molar-refractivity contribution in [3.05, 3.63) is 90.5 Å². The summed E-state index contributed by atoms with van der Waals surface area (Å²) < 4.78 is 2.40. The molecule has 0 aliphatic carbocycles. The first kappa shape index (κ1) is 19.3. The Morgan fingerprint density at radius 3 is 1.89 bits per heavy atom. The van der Waals surface area contributed by atoms with Crippen molar-refractivity contribution in [2.45, 2.75) is 20.8 Å². The van der Waals surface area contributed by atoms with Gasteiger partial charge in [-0.2, -0.15) is 0 Å². The predicted octanol–water partition coefficient (Wildman–Crippen LogP) is 7.52. The van der Waals surface area contributed by atoms with Crippen molar-refractivity contribution >= 4 is 32.6 Å². The van der Waals surface area contributed by atoms with Gasteiger partial charge in [-0.05, 0) is 47.5 Å². The number of aryl methyl sites for hydroxylation is 1. The first-order chi connectivity index (χ1) is 13.8. The van der Waals surface area contributed by atoms with Crippen LogP contribution in [0.25, 0.3) is 38.3 Å². The van der Waals surface area contributed by atoms with Crippen LogP contribution >= 0.6 is 0 Å². The zero-order valence-corrected chi connectivity index (χ0v) is 16.7. The van der Waals surface area contributed by atoms with Gasteiger partial charge < -0.3 is 4.57 Å². The average Bonchev–Trinajstić information content (AvgIpc) is 3.09. The Kier molecular flexibility index (Phi) is 5.82. The van der Waals surface area contributed by atoms with Gasteiger partial charge in [-0.1, -0.05) is 74.5 Å². The molecule has 0 saturated carbocycles. The van der Waals surface area contributed by atoms with Gasteiger partial charge in [0.15, 0.2) is 0 Å². The second-order valence-electron chi connectivity index (χ2n) is 6.36. The highest BCUT2D eigenvalue weighted by atomic mass is 15.0. The molecule has 5 aromatic rings. The van der Waals surface area contributed by atoms with Gasteiger partial charge in [0.1, 0.15) is 0 Å². The molecule has 0 amide bonds. The average molecular weight is 364 g/mol. The minimum atomic E-state index is 1.25. The number of rotatable bonds is 1. The van der Waals surface area contributed by atoms with Gasteiger partial charge in [0.2, 0.25) is 0 Å². The fourth-order valence-corrected chi connectivity index (χ4v) is 3.73. The van der Waals surface area contributed by atoms with Crippen LogP contribution in [-0.2, 0) is 0 Å². The van der Waals surface area contributed by atoms with E-state index in [-0.39, 0.29) is 0 Å². The quantitative estimate of drug-likeness (QED) is 0.271. The van der Waals surface area contributed by atoms with Gasteiger partial charge in [-0.3, -0.25) is 0 Å². The molecule has 0 aliphatic heterocycles. The molecule has 0 unspecified atom stereocenters. The summed E-state index contributed by atoms with van der Waals surface area (Å²) in [6.07, 6.45) is 8.00. The van der Waals surface area contributed by atoms with Crippen LogP contribution in [0.2, 0.25) is 0 Å². The Morgan fingerprint density at radius 2 is 1.18 bits per heavy atom. The molecule has 28 heavy (non-hydrogen) atoms. The van der Waals surface area contributed by atoms with Crippen molar-refractivity contribution in [1.29, 1.82) is 0 Å². The Hall–Kier alpha value is -3.50. The Balaban J connectivity index is 0.000000531. The van der Waals surface area contributed by atoms with E-state index in [0.29, 0.717) is 0 Å². The van der Waals surface area contributed by atoms with Crippen LogP contribution in [0.15, 0.2) is 84.9 Å². The van der Waals surface area contributed by atoms with E-state index in [4.69, 9.17) is 0 Å². The van der Waals surface area contributed by atoms with E-state index in [1.165, 1.54) is 43.8 Å². The number of hydrogen-bond acceptors (Lipinski definition) is 0. The lowest BCUT2D eigenvalue weighted by molar-refractivity contribution is 1.15. The third kappa shape index (κ3) is 3.15. The zero-order chi connectivity index (χ0) is 20.1. The van der Waals surface area contributed by atoms with E-state index in [2.05, 4.69) is 109 Å². The summed E-state index contributed by atoms with van der Waals surface area (Å²) in [5.41, 5.74) is 5.06. The van der Waals surface area contributed by atoms with Crippen molar-refractivity contribution in [1.82, 2.24) is 4.57 Å². The molecule has 0 saturated heterocycles. The molecular formula is C27H25N. The zero-order valence-electron chi connectivity index (χ0n) is 16.7. The maximum atomic E-state index is 4.00. The summed E-state index contributed by atoms with van der Waals surface area (Å²) in [6, 6.07) is 30.5. The fraction of sp³-hybridized carbons (Fsp3) is 0.111. The molecule has 1 aromatic heterocycles. The standard InChI is InChI=1S/C23H17N.C2H6.C2H2/c1-16-8-2-6-12-21(16)24-22-13-7-5-11-19(22)20-14-17-9-3-4-10-18(17)15-23(20)24;2*1-2/h2-15H,1H3;1-2H3;1-2H. The summed E-state index contributed by atoms with van der Waals surface area (Å²) in [6.45, 7) is 6.18. The first-order valence-corrected chi connectivity index (χ1v) is 9.64. The van der Waals surface area contributed by atoms with E-state index < -0.39 is 0 Å². The molecule has 0 radical (unpaired) electrons. The van der Waals surface area contributed by atoms with E-state index in [1.807, 2.05) is 13.8 Å². The Morgan fingerprint density at radius 1 is 0.607 bits per heavy atom. The molecule has 1 nitrogen and oxygen atoms in total. The van der Waals surface area contributed by atoms with Gasteiger partial charge in [0.25, 0.3) is 0 Å². The fourth-order valence-electron chi connectivity index (χ4n) is 3.73. The van der Waals surface area contributed by atoms with Crippen LogP contribution in [0.4, 0.5) is 0 Å². The van der Waals surface area contributed by atoms with Gasteiger partial charge in [-0.15, -0.1) is 12.8 Å². The molecule has 0 fully saturated rings. The predicted molar refractivity (Wildman–Crippen MR) is 124 cm³/mol. The molecular weight excluding hydrogens is 338 g/mol. The number of terminal acetylenes is 1. The molecule has 4 aromatic carbocycles. The SMILES string of the molecule is C#C.CC.Cc1ccccc1-n1c2ccccc2c2cc3ccccc3cc21. The first-order valence-electron chi connectivity index (χ1n) is 9.64. The second-order valence-corrected chi connectivity index (χ2v) is 6.36. The van der Waals surface area contributed by atoms with E-state index >= 15 is 0 Å². The van der Waals surface area contributed by atoms with Gasteiger partial charge >= 0.3 is 0 Å². The topological polar surface area (TPSA) is 4.93 Å². The summed E-state index contributed by atoms with van der Waals surface area (Å²) in [4.78, 5) is 0. The third-order valence-corrected chi connectivity index (χ3v) is 4.90. The van der Waals surface area contributed by atoms with Crippen molar-refractivity contribution in [3.63, 3.8) is 0 Å². The molecule has 0 spiro atoms. The number of fused-ring (bicyclic) bond motifs is 4. The maximum absolute atomic E-state index is 4.00. The number of nitrogens with zero attached hydrogens (tertiary/aromatic N) is 1. The second kappa shape index (κ2) is 8.46. The monoisotopic (exact) mass is 363 g/mol. The maximum Gasteiger partial charge on any atom is 0.0547 e. The molecule has 5 rings (SSSR count). The minimum Gasteiger partial charge on any atom is -0.309 e. The number of hydrogen-bond donors (Lipinski definition) is 0. The number of benzene rings is 4. The highest BCUT2D eigenvalue weighted by molar-refractivity contribution is 6.13. The van der Waals surface area contributed by atoms with Crippen LogP contribution in [0.3, 0.4) is 0 Å². The Labute approximate surface area is 167 Å². The lowest BCUT2D eigenvalue weighted by Gasteiger charge is -2.11. The summed E-state index contributed by atoms with van der Waals surface area (Å²) >= 11 is 0. The number of aromatic nitrogens is 1. The molecule has 0 bridgehead atoms. The highest BCUT2D eigenvalue weighted by Gasteiger charge is 2.13. The van der Waals surface area contributed by atoms with Gasteiger partial charge in [0.05, 0.1) is 11.0 Å². The van der Waals surface area contributed by atoms with Crippen LogP contribution in [0.5, 0.6) is 0 Å². The number of para-hydroxylation sites is 2. The van der Waals surface area contributed by atoms with Gasteiger partial charge in [-0.25, -0.2) is 0 Å². The normalized spacial score (nSPS) is 10.2. The van der Waals surface area contributed by atoms with Crippen molar-refractivity contribution in [2.24, 2.45) is 0 Å². The Bertz CT molecular complexity index is 1250. The van der Waals surface area contributed by atoms with E-state index in [0.717, 1.165) is 0 Å². The van der Waals surface area contributed by atoms with E-state index in [1.54, 1.807) is 0 Å². The van der Waals surface area contributed by atoms with Crippen LogP contribution < -0.4 is 0 Å². The van der Waals surface area contributed by atoms with Crippen molar-refractivity contribution in [2.75, 3.05) is 0 Å². The summed E-state index contributed by atoms with van der Waals surface area (Å²) in [5.74, 6) is 0. The largest absolute Gasteiger partial charge is 0.309 e. The molecule has 138 valence electrons. The lowest BCUT2D eigenvalue weighted by atomic mass is 10.1. The molecule has 1 heterocycles. The van der Waals surface area contributed by atoms with Gasteiger partial charge in [0, 0.05) is 16.5 Å². The molecule has 0 aliphatic rings. The van der Waals surface area contributed by atoms with Crippen LogP contribution in [0.1, 0.15) is 19.4 Å². The lowest BCUT2D eigenvalue weighted by Crippen LogP contribution is -1.96. The van der Waals surface area contributed by atoms with E-state index in [9.17, 15) is 0 Å². The van der Waals surface area contributed by atoms with Crippen LogP contribution in [-0.4, -0.2) is 4.57 Å². The van der Waals surface area contributed by atoms with Crippen molar-refractivity contribution < 1.29 is 0 Å². The van der Waals surface area contributed by atoms with Crippen molar-refractivity contribution in [3.8, 4) is 18.5 Å². The minimum absolute atomic E-state index is 1.25. The smallest absolute Gasteiger partial charge is 0.0547 e. The van der Waals surface area contributed by atoms with Crippen LogP contribution in [0, 0.1) is 19.8 Å². The highest BCUT2D eigenvalue weighted by Crippen LogP contribution is 2.35. The molecule has 1 heteroatoms.